The molecule has 0 radical (unpaired) electrons. The van der Waals surface area contributed by atoms with Crippen molar-refractivity contribution in [3.05, 3.63) is 46.9 Å². The zero-order chi connectivity index (χ0) is 21.5. The van der Waals surface area contributed by atoms with Gasteiger partial charge in [0.1, 0.15) is 17.4 Å². The average molecular weight is 431 g/mol. The lowest BCUT2D eigenvalue weighted by atomic mass is 9.98. The number of hydrogen-bond donors (Lipinski definition) is 0. The van der Waals surface area contributed by atoms with Crippen molar-refractivity contribution in [2.75, 3.05) is 31.4 Å². The summed E-state index contributed by atoms with van der Waals surface area (Å²) >= 11 is 0. The highest BCUT2D eigenvalue weighted by Gasteiger charge is 2.34. The minimum absolute atomic E-state index is 0.00299. The molecule has 1 atom stereocenters. The zero-order valence-corrected chi connectivity index (χ0v) is 18.3. The van der Waals surface area contributed by atoms with Crippen LogP contribution >= 0.6 is 0 Å². The van der Waals surface area contributed by atoms with Crippen molar-refractivity contribution in [1.82, 2.24) is 14.3 Å². The third-order valence-corrected chi connectivity index (χ3v) is 7.08. The van der Waals surface area contributed by atoms with Crippen LogP contribution in [0, 0.1) is 6.92 Å². The molecule has 0 saturated carbocycles. The van der Waals surface area contributed by atoms with Gasteiger partial charge in [-0.1, -0.05) is 12.1 Å². The second-order valence-corrected chi connectivity index (χ2v) is 9.92. The molecule has 4 rings (SSSR count). The lowest BCUT2D eigenvalue weighted by Crippen LogP contribution is -2.39. The molecule has 0 spiro atoms. The number of anilines is 1. The highest BCUT2D eigenvalue weighted by Crippen LogP contribution is 2.34. The van der Waals surface area contributed by atoms with Crippen LogP contribution in [0.25, 0.3) is 0 Å². The van der Waals surface area contributed by atoms with E-state index in [0.717, 1.165) is 35.4 Å². The first kappa shape index (κ1) is 20.7. The van der Waals surface area contributed by atoms with E-state index >= 15 is 0 Å². The summed E-state index contributed by atoms with van der Waals surface area (Å²) in [6.07, 6.45) is 3.12. The number of benzene rings is 1. The van der Waals surface area contributed by atoms with Gasteiger partial charge in [-0.3, -0.25) is 9.69 Å². The Morgan fingerprint density at radius 2 is 1.93 bits per heavy atom. The summed E-state index contributed by atoms with van der Waals surface area (Å²) in [5.74, 6) is 1.96. The van der Waals surface area contributed by atoms with Gasteiger partial charge in [0.05, 0.1) is 26.3 Å². The van der Waals surface area contributed by atoms with Gasteiger partial charge in [-0.25, -0.2) is 22.7 Å². The molecule has 0 bridgehead atoms. The summed E-state index contributed by atoms with van der Waals surface area (Å²) in [5, 5.41) is 0. The number of aryl methyl sites for hydroxylation is 1. The Bertz CT molecular complexity index is 1070. The predicted octanol–water partition coefficient (Wildman–Crippen LogP) is 2.02. The molecule has 1 aromatic carbocycles. The van der Waals surface area contributed by atoms with E-state index in [0.29, 0.717) is 31.3 Å². The van der Waals surface area contributed by atoms with Crippen molar-refractivity contribution >= 4 is 21.7 Å². The van der Waals surface area contributed by atoms with Crippen LogP contribution in [0.2, 0.25) is 0 Å². The molecule has 2 aromatic rings. The molecule has 3 heterocycles. The van der Waals surface area contributed by atoms with Crippen LogP contribution < -0.4 is 9.64 Å². The number of carbonyl (C=O) groups excluding carboxylic acids is 1. The molecule has 9 heteroatoms. The number of carbonyl (C=O) groups is 1. The fraction of sp³-hybridized carbons (Fsp3) is 0.476. The standard InChI is InChI=1S/C21H26N4O4S/c1-14-18-11-19(26)25(12-15-6-8-17(29-2)9-7-15)21(18)23-20(22-14)16-5-4-10-24(13-16)30(3,27)28/h6-9,16H,4-5,10-13H2,1-3H3. The van der Waals surface area contributed by atoms with Crippen molar-refractivity contribution in [1.29, 1.82) is 0 Å². The molecule has 1 unspecified atom stereocenters. The Kier molecular flexibility index (Phi) is 5.50. The topological polar surface area (TPSA) is 92.7 Å². The van der Waals surface area contributed by atoms with Gasteiger partial charge in [0.2, 0.25) is 15.9 Å². The van der Waals surface area contributed by atoms with Gasteiger partial charge >= 0.3 is 0 Å². The van der Waals surface area contributed by atoms with Gasteiger partial charge < -0.3 is 4.74 Å². The Balaban J connectivity index is 1.63. The second-order valence-electron chi connectivity index (χ2n) is 7.93. The van der Waals surface area contributed by atoms with Crippen molar-refractivity contribution in [2.45, 2.75) is 38.6 Å². The fourth-order valence-electron chi connectivity index (χ4n) is 4.11. The molecule has 8 nitrogen and oxygen atoms in total. The molecule has 1 saturated heterocycles. The first-order chi connectivity index (χ1) is 14.3. The minimum atomic E-state index is -3.25. The Labute approximate surface area is 176 Å². The quantitative estimate of drug-likeness (QED) is 0.721. The number of fused-ring (bicyclic) bond motifs is 1. The molecule has 2 aliphatic heterocycles. The molecule has 1 aromatic heterocycles. The van der Waals surface area contributed by atoms with Crippen LogP contribution in [0.15, 0.2) is 24.3 Å². The molecule has 30 heavy (non-hydrogen) atoms. The molecule has 1 amide bonds. The third kappa shape index (κ3) is 4.04. The van der Waals surface area contributed by atoms with E-state index in [4.69, 9.17) is 9.72 Å². The smallest absolute Gasteiger partial charge is 0.233 e. The summed E-state index contributed by atoms with van der Waals surface area (Å²) in [4.78, 5) is 23.8. The summed E-state index contributed by atoms with van der Waals surface area (Å²) in [6.45, 7) is 3.22. The molecule has 160 valence electrons. The molecule has 1 fully saturated rings. The zero-order valence-electron chi connectivity index (χ0n) is 17.5. The average Bonchev–Trinajstić information content (AvgIpc) is 3.04. The highest BCUT2D eigenvalue weighted by molar-refractivity contribution is 7.88. The second kappa shape index (κ2) is 7.96. The number of piperidine rings is 1. The van der Waals surface area contributed by atoms with Crippen LogP contribution in [0.3, 0.4) is 0 Å². The van der Waals surface area contributed by atoms with E-state index in [1.165, 1.54) is 10.6 Å². The molecular formula is C21H26N4O4S. The summed E-state index contributed by atoms with van der Waals surface area (Å²) in [5.41, 5.74) is 2.63. The van der Waals surface area contributed by atoms with Gasteiger partial charge in [-0.2, -0.15) is 0 Å². The van der Waals surface area contributed by atoms with Gasteiger partial charge in [-0.15, -0.1) is 0 Å². The van der Waals surface area contributed by atoms with Crippen molar-refractivity contribution in [3.8, 4) is 5.75 Å². The number of methoxy groups -OCH3 is 1. The Morgan fingerprint density at radius 1 is 1.20 bits per heavy atom. The normalized spacial score (nSPS) is 19.8. The van der Waals surface area contributed by atoms with Gasteiger partial charge in [-0.05, 0) is 37.5 Å². The lowest BCUT2D eigenvalue weighted by Gasteiger charge is -2.30. The van der Waals surface area contributed by atoms with E-state index in [2.05, 4.69) is 4.98 Å². The first-order valence-corrected chi connectivity index (χ1v) is 11.9. The first-order valence-electron chi connectivity index (χ1n) is 10.0. The van der Waals surface area contributed by atoms with Crippen LogP contribution in [-0.2, 0) is 27.8 Å². The molecular weight excluding hydrogens is 404 g/mol. The monoisotopic (exact) mass is 430 g/mol. The van der Waals surface area contributed by atoms with Crippen molar-refractivity contribution < 1.29 is 17.9 Å². The fourth-order valence-corrected chi connectivity index (χ4v) is 5.02. The summed E-state index contributed by atoms with van der Waals surface area (Å²) < 4.78 is 30.7. The maximum atomic E-state index is 12.7. The number of aromatic nitrogens is 2. The van der Waals surface area contributed by atoms with Gasteiger partial charge in [0, 0.05) is 30.3 Å². The predicted molar refractivity (Wildman–Crippen MR) is 113 cm³/mol. The molecule has 0 aliphatic carbocycles. The number of amides is 1. The van der Waals surface area contributed by atoms with Crippen LogP contribution in [-0.4, -0.2) is 55.1 Å². The maximum absolute atomic E-state index is 12.7. The maximum Gasteiger partial charge on any atom is 0.233 e. The van der Waals surface area contributed by atoms with Crippen LogP contribution in [0.4, 0.5) is 5.82 Å². The van der Waals surface area contributed by atoms with Crippen molar-refractivity contribution in [2.24, 2.45) is 0 Å². The lowest BCUT2D eigenvalue weighted by molar-refractivity contribution is -0.117. The highest BCUT2D eigenvalue weighted by atomic mass is 32.2. The SMILES string of the molecule is COc1ccc(CN2C(=O)Cc3c(C)nc(C4CCCN(S(C)(=O)=O)C4)nc32)cc1. The number of hydrogen-bond acceptors (Lipinski definition) is 6. The van der Waals surface area contributed by atoms with Crippen LogP contribution in [0.1, 0.15) is 41.4 Å². The Hall–Kier alpha value is -2.52. The molecule has 2 aliphatic rings. The van der Waals surface area contributed by atoms with E-state index < -0.39 is 10.0 Å². The van der Waals surface area contributed by atoms with E-state index in [1.807, 2.05) is 31.2 Å². The number of sulfonamides is 1. The number of rotatable bonds is 5. The van der Waals surface area contributed by atoms with E-state index in [-0.39, 0.29) is 18.2 Å². The summed E-state index contributed by atoms with van der Waals surface area (Å²) in [7, 11) is -1.63. The van der Waals surface area contributed by atoms with E-state index in [9.17, 15) is 13.2 Å². The number of ether oxygens (including phenoxy) is 1. The van der Waals surface area contributed by atoms with Crippen LogP contribution in [0.5, 0.6) is 5.75 Å². The largest absolute Gasteiger partial charge is 0.497 e. The summed E-state index contributed by atoms with van der Waals surface area (Å²) in [6, 6.07) is 7.61. The third-order valence-electron chi connectivity index (χ3n) is 5.81. The Morgan fingerprint density at radius 3 is 2.60 bits per heavy atom. The minimum Gasteiger partial charge on any atom is -0.497 e. The van der Waals surface area contributed by atoms with E-state index in [1.54, 1.807) is 12.0 Å². The number of nitrogens with zero attached hydrogens (tertiary/aromatic N) is 4. The van der Waals surface area contributed by atoms with Crippen molar-refractivity contribution in [3.63, 3.8) is 0 Å². The molecule has 0 N–H and O–H groups in total. The van der Waals surface area contributed by atoms with Gasteiger partial charge in [0.15, 0.2) is 0 Å². The van der Waals surface area contributed by atoms with Gasteiger partial charge in [0.25, 0.3) is 0 Å².